The molecule has 1 aliphatic rings. The van der Waals surface area contributed by atoms with Gasteiger partial charge in [-0.05, 0) is 43.5 Å². The average Bonchev–Trinajstić information content (AvgIpc) is 2.51. The highest BCUT2D eigenvalue weighted by Crippen LogP contribution is 2.24. The van der Waals surface area contributed by atoms with E-state index in [4.69, 9.17) is 9.47 Å². The quantitative estimate of drug-likeness (QED) is 0.739. The molecular weight excluding hydrogens is 250 g/mol. The van der Waals surface area contributed by atoms with E-state index in [1.807, 2.05) is 19.2 Å². The van der Waals surface area contributed by atoms with Crippen molar-refractivity contribution in [1.29, 1.82) is 0 Å². The lowest BCUT2D eigenvalue weighted by atomic mass is 9.90. The predicted octanol–water partition coefficient (Wildman–Crippen LogP) is 3.38. The molecule has 3 nitrogen and oxygen atoms in total. The Morgan fingerprint density at radius 3 is 2.85 bits per heavy atom. The summed E-state index contributed by atoms with van der Waals surface area (Å²) >= 11 is 0. The van der Waals surface area contributed by atoms with Crippen LogP contribution >= 0.6 is 0 Å². The number of rotatable bonds is 8. The average molecular weight is 277 g/mol. The standard InChI is InChI=1S/C17H27NO2/c1-18-10-11-19-13-16-8-5-9-17(12-16)20-14-15-6-3-2-4-7-15/h5,8-9,12,15,18H,2-4,6-7,10-11,13-14H2,1H3. The monoisotopic (exact) mass is 277 g/mol. The minimum Gasteiger partial charge on any atom is -0.493 e. The molecule has 0 bridgehead atoms. The molecule has 112 valence electrons. The van der Waals surface area contributed by atoms with Gasteiger partial charge in [0.15, 0.2) is 0 Å². The number of hydrogen-bond donors (Lipinski definition) is 1. The van der Waals surface area contributed by atoms with Gasteiger partial charge in [0.25, 0.3) is 0 Å². The van der Waals surface area contributed by atoms with Crippen LogP contribution in [0, 0.1) is 5.92 Å². The largest absolute Gasteiger partial charge is 0.493 e. The molecule has 1 aliphatic carbocycles. The molecule has 0 unspecified atom stereocenters. The van der Waals surface area contributed by atoms with E-state index in [0.29, 0.717) is 6.61 Å². The summed E-state index contributed by atoms with van der Waals surface area (Å²) < 4.78 is 11.5. The fraction of sp³-hybridized carbons (Fsp3) is 0.647. The van der Waals surface area contributed by atoms with Crippen LogP contribution < -0.4 is 10.1 Å². The van der Waals surface area contributed by atoms with Crippen molar-refractivity contribution in [3.8, 4) is 5.75 Å². The van der Waals surface area contributed by atoms with Gasteiger partial charge in [-0.15, -0.1) is 0 Å². The molecule has 0 saturated heterocycles. The molecule has 0 heterocycles. The number of nitrogens with one attached hydrogen (secondary N) is 1. The van der Waals surface area contributed by atoms with E-state index < -0.39 is 0 Å². The zero-order chi connectivity index (χ0) is 14.0. The lowest BCUT2D eigenvalue weighted by Gasteiger charge is -2.21. The van der Waals surface area contributed by atoms with Crippen molar-refractivity contribution in [2.24, 2.45) is 5.92 Å². The minimum absolute atomic E-state index is 0.655. The second kappa shape index (κ2) is 8.98. The molecule has 0 radical (unpaired) electrons. The minimum atomic E-state index is 0.655. The first-order valence-corrected chi connectivity index (χ1v) is 7.82. The summed E-state index contributed by atoms with van der Waals surface area (Å²) in [5.74, 6) is 1.73. The Morgan fingerprint density at radius 1 is 1.20 bits per heavy atom. The summed E-state index contributed by atoms with van der Waals surface area (Å²) in [5.41, 5.74) is 1.18. The Hall–Kier alpha value is -1.06. The molecule has 1 aromatic carbocycles. The summed E-state index contributed by atoms with van der Waals surface area (Å²) in [7, 11) is 1.93. The maximum absolute atomic E-state index is 5.95. The highest BCUT2D eigenvalue weighted by molar-refractivity contribution is 5.28. The number of likely N-dealkylation sites (N-methyl/N-ethyl adjacent to an activating group) is 1. The first-order valence-electron chi connectivity index (χ1n) is 7.82. The van der Waals surface area contributed by atoms with Crippen LogP contribution in [0.3, 0.4) is 0 Å². The second-order valence-electron chi connectivity index (χ2n) is 5.62. The molecule has 1 saturated carbocycles. The predicted molar refractivity (Wildman–Crippen MR) is 82.1 cm³/mol. The van der Waals surface area contributed by atoms with Crippen LogP contribution in [0.1, 0.15) is 37.7 Å². The molecule has 1 aromatic rings. The highest BCUT2D eigenvalue weighted by atomic mass is 16.5. The van der Waals surface area contributed by atoms with Crippen LogP contribution in [0.5, 0.6) is 5.75 Å². The third-order valence-electron chi connectivity index (χ3n) is 3.87. The van der Waals surface area contributed by atoms with Gasteiger partial charge < -0.3 is 14.8 Å². The molecule has 3 heteroatoms. The maximum Gasteiger partial charge on any atom is 0.119 e. The SMILES string of the molecule is CNCCOCc1cccc(OCC2CCCCC2)c1. The van der Waals surface area contributed by atoms with Crippen LogP contribution in [0.15, 0.2) is 24.3 Å². The van der Waals surface area contributed by atoms with Crippen molar-refractivity contribution in [1.82, 2.24) is 5.32 Å². The van der Waals surface area contributed by atoms with Gasteiger partial charge in [-0.1, -0.05) is 31.4 Å². The van der Waals surface area contributed by atoms with E-state index in [9.17, 15) is 0 Å². The van der Waals surface area contributed by atoms with Gasteiger partial charge in [0.2, 0.25) is 0 Å². The van der Waals surface area contributed by atoms with Gasteiger partial charge in [-0.2, -0.15) is 0 Å². The van der Waals surface area contributed by atoms with Gasteiger partial charge in [0, 0.05) is 6.54 Å². The highest BCUT2D eigenvalue weighted by Gasteiger charge is 2.13. The smallest absolute Gasteiger partial charge is 0.119 e. The summed E-state index contributed by atoms with van der Waals surface area (Å²) in [6.07, 6.45) is 6.79. The Morgan fingerprint density at radius 2 is 2.05 bits per heavy atom. The molecule has 1 N–H and O–H groups in total. The zero-order valence-electron chi connectivity index (χ0n) is 12.6. The van der Waals surface area contributed by atoms with Crippen LogP contribution in [-0.2, 0) is 11.3 Å². The summed E-state index contributed by atoms with van der Waals surface area (Å²) in [6, 6.07) is 8.28. The normalized spacial score (nSPS) is 16.2. The third-order valence-corrected chi connectivity index (χ3v) is 3.87. The number of benzene rings is 1. The number of ether oxygens (including phenoxy) is 2. The third kappa shape index (κ3) is 5.51. The molecule has 0 aromatic heterocycles. The first kappa shape index (κ1) is 15.3. The van der Waals surface area contributed by atoms with E-state index in [1.165, 1.54) is 37.7 Å². The van der Waals surface area contributed by atoms with Crippen molar-refractivity contribution in [2.45, 2.75) is 38.7 Å². The van der Waals surface area contributed by atoms with Crippen LogP contribution in [0.4, 0.5) is 0 Å². The summed E-state index contributed by atoms with van der Waals surface area (Å²) in [4.78, 5) is 0. The fourth-order valence-corrected chi connectivity index (χ4v) is 2.66. The van der Waals surface area contributed by atoms with Crippen LogP contribution in [0.25, 0.3) is 0 Å². The van der Waals surface area contributed by atoms with Crippen molar-refractivity contribution in [3.63, 3.8) is 0 Å². The first-order chi connectivity index (χ1) is 9.88. The topological polar surface area (TPSA) is 30.5 Å². The molecule has 1 fully saturated rings. The van der Waals surface area contributed by atoms with Gasteiger partial charge >= 0.3 is 0 Å². The van der Waals surface area contributed by atoms with E-state index in [2.05, 4.69) is 17.4 Å². The number of hydrogen-bond acceptors (Lipinski definition) is 3. The van der Waals surface area contributed by atoms with Gasteiger partial charge in [-0.3, -0.25) is 0 Å². The lowest BCUT2D eigenvalue weighted by molar-refractivity contribution is 0.123. The molecular formula is C17H27NO2. The van der Waals surface area contributed by atoms with Gasteiger partial charge in [-0.25, -0.2) is 0 Å². The fourth-order valence-electron chi connectivity index (χ4n) is 2.66. The van der Waals surface area contributed by atoms with Gasteiger partial charge in [0.05, 0.1) is 19.8 Å². The molecule has 0 spiro atoms. The molecule has 2 rings (SSSR count). The molecule has 20 heavy (non-hydrogen) atoms. The molecule has 0 amide bonds. The van der Waals surface area contributed by atoms with E-state index in [1.54, 1.807) is 0 Å². The summed E-state index contributed by atoms with van der Waals surface area (Å²) in [6.45, 7) is 3.15. The van der Waals surface area contributed by atoms with Crippen molar-refractivity contribution < 1.29 is 9.47 Å². The van der Waals surface area contributed by atoms with Gasteiger partial charge in [0.1, 0.15) is 5.75 Å². The molecule has 0 aliphatic heterocycles. The van der Waals surface area contributed by atoms with Crippen molar-refractivity contribution in [2.75, 3.05) is 26.8 Å². The van der Waals surface area contributed by atoms with Crippen LogP contribution in [-0.4, -0.2) is 26.8 Å². The Kier molecular flexibility index (Phi) is 6.89. The van der Waals surface area contributed by atoms with Crippen LogP contribution in [0.2, 0.25) is 0 Å². The van der Waals surface area contributed by atoms with Crippen molar-refractivity contribution >= 4 is 0 Å². The molecule has 0 atom stereocenters. The zero-order valence-corrected chi connectivity index (χ0v) is 12.6. The van der Waals surface area contributed by atoms with E-state index >= 15 is 0 Å². The maximum atomic E-state index is 5.95. The summed E-state index contributed by atoms with van der Waals surface area (Å²) in [5, 5.41) is 3.07. The Balaban J connectivity index is 1.73. The Labute approximate surface area is 122 Å². The second-order valence-corrected chi connectivity index (χ2v) is 5.62. The van der Waals surface area contributed by atoms with Crippen molar-refractivity contribution in [3.05, 3.63) is 29.8 Å². The van der Waals surface area contributed by atoms with E-state index in [0.717, 1.165) is 31.4 Å². The lowest BCUT2D eigenvalue weighted by Crippen LogP contribution is -2.15. The van der Waals surface area contributed by atoms with E-state index in [-0.39, 0.29) is 0 Å². The Bertz CT molecular complexity index is 375.